The molecule has 12 heavy (non-hydrogen) atoms. The third-order valence-corrected chi connectivity index (χ3v) is 4.01. The predicted octanol–water partition coefficient (Wildman–Crippen LogP) is 2.72. The molecule has 0 aromatic heterocycles. The summed E-state index contributed by atoms with van der Waals surface area (Å²) < 4.78 is 0. The second kappa shape index (κ2) is 5.70. The lowest BCUT2D eigenvalue weighted by Crippen LogP contribution is -2.04. The molecular formula is C9H14OS2. The lowest BCUT2D eigenvalue weighted by Gasteiger charge is -2.08. The zero-order valence-corrected chi connectivity index (χ0v) is 8.81. The highest BCUT2D eigenvalue weighted by Gasteiger charge is 2.05. The number of thioether (sulfide) groups is 2. The van der Waals surface area contributed by atoms with Crippen molar-refractivity contribution in [1.82, 2.24) is 0 Å². The molecule has 0 bridgehead atoms. The number of carbonyl (C=O) groups excluding carboxylic acids is 1. The number of ketones is 1. The molecule has 68 valence electrons. The van der Waals surface area contributed by atoms with Crippen LogP contribution in [0.2, 0.25) is 0 Å². The van der Waals surface area contributed by atoms with Gasteiger partial charge in [-0.25, -0.2) is 0 Å². The van der Waals surface area contributed by atoms with Gasteiger partial charge in [-0.2, -0.15) is 11.8 Å². The van der Waals surface area contributed by atoms with Crippen molar-refractivity contribution in [3.63, 3.8) is 0 Å². The molecule has 1 fully saturated rings. The molecule has 0 N–H and O–H groups in total. The lowest BCUT2D eigenvalue weighted by molar-refractivity contribution is -0.116. The number of rotatable bonds is 0. The Hall–Kier alpha value is 0.110. The fourth-order valence-electron chi connectivity index (χ4n) is 1.06. The van der Waals surface area contributed by atoms with E-state index in [0.717, 1.165) is 30.8 Å². The third kappa shape index (κ3) is 4.21. The fraction of sp³-hybridized carbons (Fsp3) is 0.667. The van der Waals surface area contributed by atoms with Crippen LogP contribution in [-0.2, 0) is 4.79 Å². The number of hydrogen-bond acceptors (Lipinski definition) is 3. The highest BCUT2D eigenvalue weighted by atomic mass is 32.2. The van der Waals surface area contributed by atoms with Crippen molar-refractivity contribution < 1.29 is 4.79 Å². The van der Waals surface area contributed by atoms with E-state index in [4.69, 9.17) is 0 Å². The highest BCUT2D eigenvalue weighted by molar-refractivity contribution is 8.05. The Morgan fingerprint density at radius 3 is 2.92 bits per heavy atom. The Balaban J connectivity index is 2.31. The Labute approximate surface area is 82.4 Å². The summed E-state index contributed by atoms with van der Waals surface area (Å²) in [5.41, 5.74) is 0. The maximum absolute atomic E-state index is 11.2. The molecule has 1 rings (SSSR count). The van der Waals surface area contributed by atoms with Crippen molar-refractivity contribution in [1.29, 1.82) is 0 Å². The summed E-state index contributed by atoms with van der Waals surface area (Å²) in [7, 11) is 0. The summed E-state index contributed by atoms with van der Waals surface area (Å²) in [5.74, 6) is 3.30. The molecule has 1 nitrogen and oxygen atoms in total. The summed E-state index contributed by atoms with van der Waals surface area (Å²) in [5, 5.41) is 0. The van der Waals surface area contributed by atoms with Crippen LogP contribution in [-0.4, -0.2) is 23.0 Å². The standard InChI is InChI=1S/C9H14OS2/c1-8-3-2-4-9(10)7-11-5-6-12-8/h1-7H2. The maximum Gasteiger partial charge on any atom is 0.142 e. The van der Waals surface area contributed by atoms with Gasteiger partial charge in [0.1, 0.15) is 5.78 Å². The monoisotopic (exact) mass is 202 g/mol. The van der Waals surface area contributed by atoms with Crippen LogP contribution in [0.5, 0.6) is 0 Å². The van der Waals surface area contributed by atoms with Crippen molar-refractivity contribution in [2.24, 2.45) is 0 Å². The van der Waals surface area contributed by atoms with Crippen LogP contribution in [0.15, 0.2) is 11.5 Å². The van der Waals surface area contributed by atoms with Gasteiger partial charge in [0, 0.05) is 17.9 Å². The molecule has 3 heteroatoms. The average Bonchev–Trinajstić information content (AvgIpc) is 2.04. The van der Waals surface area contributed by atoms with Crippen LogP contribution in [0.4, 0.5) is 0 Å². The highest BCUT2D eigenvalue weighted by Crippen LogP contribution is 2.22. The van der Waals surface area contributed by atoms with Gasteiger partial charge in [-0.15, -0.1) is 11.8 Å². The molecule has 1 heterocycles. The third-order valence-electron chi connectivity index (χ3n) is 1.71. The minimum Gasteiger partial charge on any atom is -0.299 e. The molecule has 0 unspecified atom stereocenters. The summed E-state index contributed by atoms with van der Waals surface area (Å²) in [4.78, 5) is 12.4. The van der Waals surface area contributed by atoms with Crippen LogP contribution >= 0.6 is 23.5 Å². The van der Waals surface area contributed by atoms with Crippen molar-refractivity contribution >= 4 is 29.3 Å². The van der Waals surface area contributed by atoms with E-state index in [1.165, 1.54) is 4.91 Å². The van der Waals surface area contributed by atoms with Gasteiger partial charge in [-0.05, 0) is 17.7 Å². The molecular weight excluding hydrogens is 188 g/mol. The van der Waals surface area contributed by atoms with Gasteiger partial charge in [-0.1, -0.05) is 6.58 Å². The first-order valence-corrected chi connectivity index (χ1v) is 6.33. The largest absolute Gasteiger partial charge is 0.299 e. The van der Waals surface area contributed by atoms with E-state index in [1.807, 2.05) is 11.8 Å². The topological polar surface area (TPSA) is 17.1 Å². The summed E-state index contributed by atoms with van der Waals surface area (Å²) >= 11 is 3.60. The first kappa shape index (κ1) is 10.2. The van der Waals surface area contributed by atoms with Gasteiger partial charge < -0.3 is 0 Å². The predicted molar refractivity (Wildman–Crippen MR) is 57.8 cm³/mol. The van der Waals surface area contributed by atoms with Gasteiger partial charge in [-0.3, -0.25) is 4.79 Å². The Bertz CT molecular complexity index is 159. The van der Waals surface area contributed by atoms with Crippen LogP contribution in [0.1, 0.15) is 19.3 Å². The Morgan fingerprint density at radius 1 is 1.25 bits per heavy atom. The van der Waals surface area contributed by atoms with Crippen LogP contribution in [0.3, 0.4) is 0 Å². The minimum absolute atomic E-state index is 0.403. The van der Waals surface area contributed by atoms with Crippen LogP contribution in [0, 0.1) is 0 Å². The van der Waals surface area contributed by atoms with Crippen molar-refractivity contribution in [2.75, 3.05) is 17.3 Å². The molecule has 0 spiro atoms. The molecule has 0 radical (unpaired) electrons. The summed E-state index contributed by atoms with van der Waals surface area (Å²) in [6, 6.07) is 0. The molecule has 0 aromatic carbocycles. The van der Waals surface area contributed by atoms with Gasteiger partial charge in [0.15, 0.2) is 0 Å². The number of allylic oxidation sites excluding steroid dienone is 1. The van der Waals surface area contributed by atoms with Crippen LogP contribution < -0.4 is 0 Å². The molecule has 1 saturated heterocycles. The molecule has 1 aliphatic rings. The quantitative estimate of drug-likeness (QED) is 0.601. The summed E-state index contributed by atoms with van der Waals surface area (Å²) in [6.45, 7) is 3.96. The molecule has 0 amide bonds. The van der Waals surface area contributed by atoms with Gasteiger partial charge >= 0.3 is 0 Å². The van der Waals surface area contributed by atoms with Crippen molar-refractivity contribution in [3.05, 3.63) is 11.5 Å². The normalized spacial score (nSPS) is 22.3. The average molecular weight is 202 g/mol. The molecule has 1 aliphatic heterocycles. The van der Waals surface area contributed by atoms with Gasteiger partial charge in [0.05, 0.1) is 5.75 Å². The van der Waals surface area contributed by atoms with E-state index in [1.54, 1.807) is 11.8 Å². The molecule has 0 atom stereocenters. The van der Waals surface area contributed by atoms with Crippen molar-refractivity contribution in [2.45, 2.75) is 19.3 Å². The van der Waals surface area contributed by atoms with E-state index < -0.39 is 0 Å². The molecule has 0 aromatic rings. The van der Waals surface area contributed by atoms with E-state index in [0.29, 0.717) is 11.5 Å². The second-order valence-corrected chi connectivity index (χ2v) is 5.21. The fourth-order valence-corrected chi connectivity index (χ4v) is 2.96. The van der Waals surface area contributed by atoms with Crippen LogP contribution in [0.25, 0.3) is 0 Å². The second-order valence-electron chi connectivity index (χ2n) is 2.83. The maximum atomic E-state index is 11.2. The minimum atomic E-state index is 0.403. The zero-order chi connectivity index (χ0) is 8.81. The number of Topliss-reactive ketones (excluding diaryl/α,β-unsaturated/α-hetero) is 1. The van der Waals surface area contributed by atoms with Gasteiger partial charge in [0.2, 0.25) is 0 Å². The van der Waals surface area contributed by atoms with Crippen molar-refractivity contribution in [3.8, 4) is 0 Å². The van der Waals surface area contributed by atoms with E-state index in [-0.39, 0.29) is 0 Å². The molecule has 0 aliphatic carbocycles. The lowest BCUT2D eigenvalue weighted by atomic mass is 10.2. The first-order chi connectivity index (χ1) is 5.79. The SMILES string of the molecule is C=C1CCCC(=O)CSCCS1. The summed E-state index contributed by atoms with van der Waals surface area (Å²) in [6.07, 6.45) is 2.75. The number of carbonyl (C=O) groups is 1. The van der Waals surface area contributed by atoms with E-state index in [9.17, 15) is 4.79 Å². The Kier molecular flexibility index (Phi) is 4.84. The first-order valence-electron chi connectivity index (χ1n) is 4.19. The zero-order valence-electron chi connectivity index (χ0n) is 7.17. The smallest absolute Gasteiger partial charge is 0.142 e. The number of hydrogen-bond donors (Lipinski definition) is 0. The molecule has 0 saturated carbocycles. The van der Waals surface area contributed by atoms with E-state index >= 15 is 0 Å². The van der Waals surface area contributed by atoms with Gasteiger partial charge in [0.25, 0.3) is 0 Å². The Morgan fingerprint density at radius 2 is 2.08 bits per heavy atom. The van der Waals surface area contributed by atoms with E-state index in [2.05, 4.69) is 6.58 Å².